The zero-order valence-electron chi connectivity index (χ0n) is 16.2. The minimum atomic E-state index is -0.698. The Kier molecular flexibility index (Phi) is 4.62. The number of hydrogen-bond acceptors (Lipinski definition) is 4. The Morgan fingerprint density at radius 2 is 1.79 bits per heavy atom. The standard InChI is InChI=1S/C21H20FN3O4/c1-24-15-11-25(13-9-7-12(22)8-10-13)20(26)17(15)18(23-21(24)27)14-5-4-6-16(28-2)19(14)29-3/h4-10,18H,11H2,1-3H3,(H,23,27). The third-order valence-corrected chi connectivity index (χ3v) is 5.24. The Hall–Kier alpha value is -3.55. The van der Waals surface area contributed by atoms with Crippen LogP contribution in [0.15, 0.2) is 53.7 Å². The van der Waals surface area contributed by atoms with Gasteiger partial charge in [-0.05, 0) is 30.3 Å². The third kappa shape index (κ3) is 2.97. The van der Waals surface area contributed by atoms with E-state index in [1.165, 1.54) is 36.2 Å². The Morgan fingerprint density at radius 3 is 2.45 bits per heavy atom. The largest absolute Gasteiger partial charge is 0.493 e. The van der Waals surface area contributed by atoms with Crippen LogP contribution in [0.1, 0.15) is 11.6 Å². The number of nitrogens with zero attached hydrogens (tertiary/aromatic N) is 2. The van der Waals surface area contributed by atoms with Gasteiger partial charge < -0.3 is 19.7 Å². The van der Waals surface area contributed by atoms with Crippen molar-refractivity contribution in [3.8, 4) is 11.5 Å². The number of anilines is 1. The van der Waals surface area contributed by atoms with Crippen LogP contribution in [0.2, 0.25) is 0 Å². The summed E-state index contributed by atoms with van der Waals surface area (Å²) in [4.78, 5) is 28.9. The molecule has 150 valence electrons. The van der Waals surface area contributed by atoms with Gasteiger partial charge in [0.1, 0.15) is 5.82 Å². The lowest BCUT2D eigenvalue weighted by molar-refractivity contribution is -0.114. The van der Waals surface area contributed by atoms with Crippen molar-refractivity contribution in [2.45, 2.75) is 6.04 Å². The number of ether oxygens (including phenoxy) is 2. The van der Waals surface area contributed by atoms with Crippen LogP contribution in [0.5, 0.6) is 11.5 Å². The molecule has 0 saturated carbocycles. The number of methoxy groups -OCH3 is 2. The number of benzene rings is 2. The topological polar surface area (TPSA) is 71.1 Å². The number of nitrogens with one attached hydrogen (secondary N) is 1. The molecule has 1 N–H and O–H groups in total. The highest BCUT2D eigenvalue weighted by Crippen LogP contribution is 2.42. The zero-order chi connectivity index (χ0) is 20.7. The summed E-state index contributed by atoms with van der Waals surface area (Å²) in [7, 11) is 4.65. The van der Waals surface area contributed by atoms with Crippen LogP contribution in [-0.2, 0) is 4.79 Å². The normalized spacial score (nSPS) is 18.7. The molecule has 3 amide bonds. The lowest BCUT2D eigenvalue weighted by Crippen LogP contribution is -2.45. The summed E-state index contributed by atoms with van der Waals surface area (Å²) < 4.78 is 24.2. The molecule has 1 atom stereocenters. The molecular formula is C21H20FN3O4. The molecule has 2 aliphatic rings. The number of likely N-dealkylation sites (N-methyl/N-ethyl adjacent to an activating group) is 1. The fourth-order valence-electron chi connectivity index (χ4n) is 3.77. The summed E-state index contributed by atoms with van der Waals surface area (Å²) in [5.74, 6) is 0.310. The van der Waals surface area contributed by atoms with Crippen molar-refractivity contribution in [1.29, 1.82) is 0 Å². The first-order valence-corrected chi connectivity index (χ1v) is 9.01. The first-order valence-electron chi connectivity index (χ1n) is 9.01. The maximum absolute atomic E-state index is 13.3. The molecule has 0 aromatic heterocycles. The SMILES string of the molecule is COc1cccc(C2NC(=O)N(C)C3=C2C(=O)N(c2ccc(F)cc2)C3)c1OC. The van der Waals surface area contributed by atoms with Crippen LogP contribution in [0.25, 0.3) is 0 Å². The molecule has 2 aromatic rings. The lowest BCUT2D eigenvalue weighted by atomic mass is 9.94. The Labute approximate surface area is 167 Å². The molecule has 0 aliphatic carbocycles. The lowest BCUT2D eigenvalue weighted by Gasteiger charge is -2.31. The van der Waals surface area contributed by atoms with E-state index in [0.717, 1.165) is 0 Å². The van der Waals surface area contributed by atoms with E-state index >= 15 is 0 Å². The zero-order valence-corrected chi connectivity index (χ0v) is 16.2. The first kappa shape index (κ1) is 18.8. The number of urea groups is 1. The summed E-state index contributed by atoms with van der Waals surface area (Å²) in [5, 5.41) is 2.88. The molecule has 0 spiro atoms. The van der Waals surface area contributed by atoms with Gasteiger partial charge in [-0.1, -0.05) is 12.1 Å². The molecule has 0 saturated heterocycles. The summed E-state index contributed by atoms with van der Waals surface area (Å²) in [6, 6.07) is 9.98. The molecule has 0 fully saturated rings. The highest BCUT2D eigenvalue weighted by Gasteiger charge is 2.44. The Bertz CT molecular complexity index is 1020. The smallest absolute Gasteiger partial charge is 0.322 e. The van der Waals surface area contributed by atoms with E-state index in [1.807, 2.05) is 0 Å². The van der Waals surface area contributed by atoms with E-state index in [0.29, 0.717) is 34.0 Å². The van der Waals surface area contributed by atoms with Crippen molar-refractivity contribution < 1.29 is 23.5 Å². The number of para-hydroxylation sites is 1. The van der Waals surface area contributed by atoms with Gasteiger partial charge in [0.25, 0.3) is 5.91 Å². The highest BCUT2D eigenvalue weighted by molar-refractivity contribution is 6.11. The average Bonchev–Trinajstić information content (AvgIpc) is 3.08. The number of carbonyl (C=O) groups excluding carboxylic acids is 2. The van der Waals surface area contributed by atoms with Crippen LogP contribution < -0.4 is 19.7 Å². The fourth-order valence-corrected chi connectivity index (χ4v) is 3.77. The molecule has 0 bridgehead atoms. The number of amides is 3. The quantitative estimate of drug-likeness (QED) is 0.861. The van der Waals surface area contributed by atoms with Crippen molar-refractivity contribution >= 4 is 17.6 Å². The molecule has 8 heteroatoms. The second-order valence-electron chi connectivity index (χ2n) is 6.75. The average molecular weight is 397 g/mol. The summed E-state index contributed by atoms with van der Waals surface area (Å²) in [6.45, 7) is 0.215. The number of carbonyl (C=O) groups is 2. The van der Waals surface area contributed by atoms with E-state index in [2.05, 4.69) is 5.32 Å². The monoisotopic (exact) mass is 397 g/mol. The van der Waals surface area contributed by atoms with Crippen LogP contribution in [0.3, 0.4) is 0 Å². The van der Waals surface area contributed by atoms with Crippen LogP contribution in [0.4, 0.5) is 14.9 Å². The molecule has 7 nitrogen and oxygen atoms in total. The summed E-state index contributed by atoms with van der Waals surface area (Å²) >= 11 is 0. The predicted octanol–water partition coefficient (Wildman–Crippen LogP) is 2.84. The van der Waals surface area contributed by atoms with Gasteiger partial charge in [-0.25, -0.2) is 9.18 Å². The summed E-state index contributed by atoms with van der Waals surface area (Å²) in [6.07, 6.45) is 0. The fraction of sp³-hybridized carbons (Fsp3) is 0.238. The van der Waals surface area contributed by atoms with Crippen molar-refractivity contribution in [2.75, 3.05) is 32.7 Å². The van der Waals surface area contributed by atoms with Gasteiger partial charge in [0.15, 0.2) is 11.5 Å². The van der Waals surface area contributed by atoms with Crippen molar-refractivity contribution in [1.82, 2.24) is 10.2 Å². The Balaban J connectivity index is 1.80. The number of halogens is 1. The molecule has 0 radical (unpaired) electrons. The van der Waals surface area contributed by atoms with E-state index in [1.54, 1.807) is 37.4 Å². The molecule has 1 unspecified atom stereocenters. The second-order valence-corrected chi connectivity index (χ2v) is 6.75. The number of hydrogen-bond donors (Lipinski definition) is 1. The van der Waals surface area contributed by atoms with E-state index in [-0.39, 0.29) is 24.3 Å². The Morgan fingerprint density at radius 1 is 1.07 bits per heavy atom. The first-order chi connectivity index (χ1) is 14.0. The maximum atomic E-state index is 13.3. The molecule has 4 rings (SSSR count). The predicted molar refractivity (Wildman–Crippen MR) is 104 cm³/mol. The molecule has 29 heavy (non-hydrogen) atoms. The summed E-state index contributed by atoms with van der Waals surface area (Å²) in [5.41, 5.74) is 2.22. The number of rotatable bonds is 4. The van der Waals surface area contributed by atoms with Gasteiger partial charge in [-0.15, -0.1) is 0 Å². The van der Waals surface area contributed by atoms with E-state index < -0.39 is 6.04 Å². The van der Waals surface area contributed by atoms with Gasteiger partial charge in [0.05, 0.1) is 38.1 Å². The minimum Gasteiger partial charge on any atom is -0.493 e. The van der Waals surface area contributed by atoms with E-state index in [9.17, 15) is 14.0 Å². The molecule has 2 aromatic carbocycles. The van der Waals surface area contributed by atoms with Crippen LogP contribution in [-0.4, -0.2) is 44.7 Å². The van der Waals surface area contributed by atoms with Gasteiger partial charge in [0, 0.05) is 18.3 Å². The highest BCUT2D eigenvalue weighted by atomic mass is 19.1. The molecular weight excluding hydrogens is 377 g/mol. The molecule has 2 aliphatic heterocycles. The van der Waals surface area contributed by atoms with Crippen LogP contribution >= 0.6 is 0 Å². The van der Waals surface area contributed by atoms with Gasteiger partial charge in [0.2, 0.25) is 0 Å². The van der Waals surface area contributed by atoms with Crippen LogP contribution in [0, 0.1) is 5.82 Å². The molecule has 2 heterocycles. The van der Waals surface area contributed by atoms with Gasteiger partial charge in [-0.3, -0.25) is 9.69 Å². The maximum Gasteiger partial charge on any atom is 0.322 e. The van der Waals surface area contributed by atoms with Gasteiger partial charge in [-0.2, -0.15) is 0 Å². The van der Waals surface area contributed by atoms with Crippen molar-refractivity contribution in [3.05, 3.63) is 65.1 Å². The van der Waals surface area contributed by atoms with Gasteiger partial charge >= 0.3 is 6.03 Å². The van der Waals surface area contributed by atoms with Crippen molar-refractivity contribution in [3.63, 3.8) is 0 Å². The second kappa shape index (κ2) is 7.12. The van der Waals surface area contributed by atoms with E-state index in [4.69, 9.17) is 9.47 Å². The third-order valence-electron chi connectivity index (χ3n) is 5.24. The minimum absolute atomic E-state index is 0.215. The van der Waals surface area contributed by atoms with Crippen molar-refractivity contribution in [2.24, 2.45) is 0 Å².